The van der Waals surface area contributed by atoms with Gasteiger partial charge in [0, 0.05) is 18.7 Å². The second-order valence-electron chi connectivity index (χ2n) is 5.11. The monoisotopic (exact) mass is 288 g/mol. The van der Waals surface area contributed by atoms with E-state index in [-0.39, 0.29) is 17.2 Å². The number of fused-ring (bicyclic) bond motifs is 1. The van der Waals surface area contributed by atoms with Gasteiger partial charge in [0.25, 0.3) is 11.5 Å². The number of nitrogens with one attached hydrogen (secondary N) is 1. The molecule has 0 radical (unpaired) electrons. The Morgan fingerprint density at radius 3 is 3.05 bits per heavy atom. The molecule has 0 bridgehead atoms. The Balaban J connectivity index is 1.61. The SMILES string of the molecule is Cc1cc(C(=O)NCCn2nc3c(cc2=O)CCC3)no1. The average molecular weight is 288 g/mol. The zero-order valence-electron chi connectivity index (χ0n) is 11.8. The fourth-order valence-electron chi connectivity index (χ4n) is 2.44. The molecule has 0 unspecified atom stereocenters. The van der Waals surface area contributed by atoms with Gasteiger partial charge in [-0.25, -0.2) is 4.68 Å². The Labute approximate surface area is 120 Å². The number of aryl methyl sites for hydroxylation is 3. The van der Waals surface area contributed by atoms with Crippen molar-refractivity contribution < 1.29 is 9.32 Å². The Kier molecular flexibility index (Phi) is 3.55. The fraction of sp³-hybridized carbons (Fsp3) is 0.429. The van der Waals surface area contributed by atoms with Crippen LogP contribution in [0.15, 0.2) is 21.5 Å². The van der Waals surface area contributed by atoms with Gasteiger partial charge < -0.3 is 9.84 Å². The lowest BCUT2D eigenvalue weighted by molar-refractivity contribution is 0.0942. The molecule has 3 rings (SSSR count). The quantitative estimate of drug-likeness (QED) is 0.882. The maximum absolute atomic E-state index is 11.9. The highest BCUT2D eigenvalue weighted by molar-refractivity contribution is 5.92. The zero-order chi connectivity index (χ0) is 14.8. The minimum Gasteiger partial charge on any atom is -0.361 e. The molecule has 21 heavy (non-hydrogen) atoms. The maximum Gasteiger partial charge on any atom is 0.273 e. The molecule has 0 saturated heterocycles. The van der Waals surface area contributed by atoms with Crippen LogP contribution in [0.25, 0.3) is 0 Å². The van der Waals surface area contributed by atoms with Crippen LogP contribution in [0.5, 0.6) is 0 Å². The van der Waals surface area contributed by atoms with Crippen molar-refractivity contribution in [2.45, 2.75) is 32.7 Å². The number of rotatable bonds is 4. The van der Waals surface area contributed by atoms with E-state index < -0.39 is 0 Å². The number of hydrogen-bond donors (Lipinski definition) is 1. The summed E-state index contributed by atoms with van der Waals surface area (Å²) in [5.41, 5.74) is 2.16. The Bertz CT molecular complexity index is 732. The summed E-state index contributed by atoms with van der Waals surface area (Å²) in [4.78, 5) is 23.7. The van der Waals surface area contributed by atoms with E-state index in [2.05, 4.69) is 15.6 Å². The molecule has 1 aliphatic carbocycles. The molecule has 0 saturated carbocycles. The highest BCUT2D eigenvalue weighted by atomic mass is 16.5. The molecule has 0 spiro atoms. The first-order valence-corrected chi connectivity index (χ1v) is 6.95. The number of aromatic nitrogens is 3. The Morgan fingerprint density at radius 2 is 2.29 bits per heavy atom. The van der Waals surface area contributed by atoms with Gasteiger partial charge in [-0.1, -0.05) is 5.16 Å². The third kappa shape index (κ3) is 2.86. The first kappa shape index (κ1) is 13.5. The third-order valence-electron chi connectivity index (χ3n) is 3.49. The number of amides is 1. The van der Waals surface area contributed by atoms with Crippen molar-refractivity contribution >= 4 is 5.91 Å². The van der Waals surface area contributed by atoms with Crippen molar-refractivity contribution in [3.8, 4) is 0 Å². The lowest BCUT2D eigenvalue weighted by Gasteiger charge is -2.07. The van der Waals surface area contributed by atoms with Gasteiger partial charge in [-0.05, 0) is 31.7 Å². The van der Waals surface area contributed by atoms with E-state index in [1.807, 2.05) is 0 Å². The summed E-state index contributed by atoms with van der Waals surface area (Å²) in [6.07, 6.45) is 2.90. The van der Waals surface area contributed by atoms with Gasteiger partial charge in [0.1, 0.15) is 5.76 Å². The summed E-state index contributed by atoms with van der Waals surface area (Å²) in [5, 5.41) is 10.7. The fourth-order valence-corrected chi connectivity index (χ4v) is 2.44. The first-order valence-electron chi connectivity index (χ1n) is 6.95. The van der Waals surface area contributed by atoms with Crippen molar-refractivity contribution in [1.29, 1.82) is 0 Å². The standard InChI is InChI=1S/C14H16N4O3/c1-9-7-12(17-21-9)14(20)15-5-6-18-13(19)8-10-3-2-4-11(10)16-18/h7-8H,2-6H2,1H3,(H,15,20). The number of nitrogens with zero attached hydrogens (tertiary/aromatic N) is 3. The summed E-state index contributed by atoms with van der Waals surface area (Å²) < 4.78 is 6.24. The number of hydrogen-bond acceptors (Lipinski definition) is 5. The second kappa shape index (κ2) is 5.51. The molecule has 2 heterocycles. The van der Waals surface area contributed by atoms with Crippen LogP contribution in [0.1, 0.15) is 33.9 Å². The molecule has 2 aromatic heterocycles. The molecule has 7 heteroatoms. The molecule has 7 nitrogen and oxygen atoms in total. The Hall–Kier alpha value is -2.44. The van der Waals surface area contributed by atoms with Crippen LogP contribution in [-0.2, 0) is 19.4 Å². The van der Waals surface area contributed by atoms with Crippen LogP contribution in [0, 0.1) is 6.92 Å². The molecule has 0 fully saturated rings. The van der Waals surface area contributed by atoms with E-state index >= 15 is 0 Å². The molecule has 0 aromatic carbocycles. The lowest BCUT2D eigenvalue weighted by Crippen LogP contribution is -2.32. The van der Waals surface area contributed by atoms with Gasteiger partial charge in [0.15, 0.2) is 5.69 Å². The molecule has 110 valence electrons. The topological polar surface area (TPSA) is 90.0 Å². The van der Waals surface area contributed by atoms with E-state index in [0.717, 1.165) is 30.5 Å². The van der Waals surface area contributed by atoms with Gasteiger partial charge in [-0.2, -0.15) is 5.10 Å². The van der Waals surface area contributed by atoms with E-state index in [9.17, 15) is 9.59 Å². The molecule has 1 aliphatic rings. The molecular formula is C14H16N4O3. The molecule has 2 aromatic rings. The van der Waals surface area contributed by atoms with Gasteiger partial charge in [-0.15, -0.1) is 0 Å². The second-order valence-corrected chi connectivity index (χ2v) is 5.11. The molecular weight excluding hydrogens is 272 g/mol. The van der Waals surface area contributed by atoms with Gasteiger partial charge in [0.2, 0.25) is 0 Å². The van der Waals surface area contributed by atoms with Gasteiger partial charge >= 0.3 is 0 Å². The van der Waals surface area contributed by atoms with Crippen LogP contribution >= 0.6 is 0 Å². The molecule has 1 amide bonds. The van der Waals surface area contributed by atoms with E-state index in [1.54, 1.807) is 19.1 Å². The minimum absolute atomic E-state index is 0.123. The average Bonchev–Trinajstić information content (AvgIpc) is 3.07. The lowest BCUT2D eigenvalue weighted by atomic mass is 10.2. The molecule has 1 N–H and O–H groups in total. The van der Waals surface area contributed by atoms with Gasteiger partial charge in [0.05, 0.1) is 12.2 Å². The smallest absolute Gasteiger partial charge is 0.273 e. The first-order chi connectivity index (χ1) is 10.1. The highest BCUT2D eigenvalue weighted by Crippen LogP contribution is 2.16. The summed E-state index contributed by atoms with van der Waals surface area (Å²) in [7, 11) is 0. The third-order valence-corrected chi connectivity index (χ3v) is 3.49. The maximum atomic E-state index is 11.9. The van der Waals surface area contributed by atoms with E-state index in [1.165, 1.54) is 4.68 Å². The van der Waals surface area contributed by atoms with Crippen LogP contribution in [0.3, 0.4) is 0 Å². The minimum atomic E-state index is -0.318. The largest absolute Gasteiger partial charge is 0.361 e. The van der Waals surface area contributed by atoms with Crippen molar-refractivity contribution in [2.75, 3.05) is 6.54 Å². The summed E-state index contributed by atoms with van der Waals surface area (Å²) in [6.45, 7) is 2.38. The van der Waals surface area contributed by atoms with E-state index in [0.29, 0.717) is 18.8 Å². The van der Waals surface area contributed by atoms with Crippen LogP contribution in [0.2, 0.25) is 0 Å². The molecule has 0 aliphatic heterocycles. The zero-order valence-corrected chi connectivity index (χ0v) is 11.8. The highest BCUT2D eigenvalue weighted by Gasteiger charge is 2.15. The summed E-state index contributed by atoms with van der Waals surface area (Å²) >= 11 is 0. The van der Waals surface area contributed by atoms with E-state index in [4.69, 9.17) is 4.52 Å². The van der Waals surface area contributed by atoms with Crippen LogP contribution in [-0.4, -0.2) is 27.4 Å². The number of carbonyl (C=O) groups excluding carboxylic acids is 1. The van der Waals surface area contributed by atoms with Crippen LogP contribution < -0.4 is 10.9 Å². The predicted octanol–water partition coefficient (Wildman–Crippen LogP) is 0.458. The van der Waals surface area contributed by atoms with Crippen molar-refractivity contribution in [3.05, 3.63) is 45.2 Å². The van der Waals surface area contributed by atoms with Crippen molar-refractivity contribution in [1.82, 2.24) is 20.3 Å². The number of carbonyl (C=O) groups is 1. The van der Waals surface area contributed by atoms with Crippen molar-refractivity contribution in [2.24, 2.45) is 0 Å². The van der Waals surface area contributed by atoms with Gasteiger partial charge in [-0.3, -0.25) is 9.59 Å². The van der Waals surface area contributed by atoms with Crippen LogP contribution in [0.4, 0.5) is 0 Å². The summed E-state index contributed by atoms with van der Waals surface area (Å²) in [6, 6.07) is 3.22. The normalized spacial score (nSPS) is 13.2. The Morgan fingerprint density at radius 1 is 1.43 bits per heavy atom. The summed E-state index contributed by atoms with van der Waals surface area (Å²) in [5.74, 6) is 0.262. The van der Waals surface area contributed by atoms with Crippen molar-refractivity contribution in [3.63, 3.8) is 0 Å². The molecule has 0 atom stereocenters. The predicted molar refractivity (Wildman–Crippen MR) is 74.1 cm³/mol.